The Morgan fingerprint density at radius 3 is 2.76 bits per heavy atom. The molecule has 1 aromatic rings. The maximum Gasteiger partial charge on any atom is 0.231 e. The molecule has 2 fully saturated rings. The first-order valence-electron chi connectivity index (χ1n) is 9.12. The summed E-state index contributed by atoms with van der Waals surface area (Å²) in [4.78, 5) is 17.4. The predicted octanol–water partition coefficient (Wildman–Crippen LogP) is 2.42. The Hall–Kier alpha value is -2.19. The van der Waals surface area contributed by atoms with E-state index in [0.717, 1.165) is 62.4 Å². The molecule has 25 heavy (non-hydrogen) atoms. The lowest BCUT2D eigenvalue weighted by Crippen LogP contribution is -2.42. The van der Waals surface area contributed by atoms with Crippen molar-refractivity contribution in [2.75, 3.05) is 33.0 Å². The Balaban J connectivity index is 1.45. The summed E-state index contributed by atoms with van der Waals surface area (Å²) < 4.78 is 10.9. The number of hydrogen-bond donors (Lipinski definition) is 0. The van der Waals surface area contributed by atoms with Crippen LogP contribution in [0.1, 0.15) is 37.3 Å². The molecule has 0 aromatic heterocycles. The van der Waals surface area contributed by atoms with E-state index in [1.165, 1.54) is 0 Å². The van der Waals surface area contributed by atoms with Crippen molar-refractivity contribution in [2.24, 2.45) is 5.92 Å². The number of terminal acetylenes is 1. The zero-order valence-corrected chi connectivity index (χ0v) is 14.4. The number of nitrogens with zero attached hydrogens (tertiary/aromatic N) is 2. The number of rotatable bonds is 3. The first-order valence-corrected chi connectivity index (χ1v) is 9.12. The highest BCUT2D eigenvalue weighted by atomic mass is 16.7. The molecular weight excluding hydrogens is 316 g/mol. The molecule has 3 heterocycles. The summed E-state index contributed by atoms with van der Waals surface area (Å²) in [5, 5.41) is 0. The number of likely N-dealkylation sites (tertiary alicyclic amines) is 2. The first kappa shape index (κ1) is 16.3. The summed E-state index contributed by atoms with van der Waals surface area (Å²) in [6.45, 7) is 3.65. The highest BCUT2D eigenvalue weighted by molar-refractivity contribution is 5.79. The van der Waals surface area contributed by atoms with Crippen LogP contribution in [0.15, 0.2) is 18.2 Å². The molecule has 1 amide bonds. The zero-order valence-electron chi connectivity index (χ0n) is 14.4. The molecule has 0 aliphatic carbocycles. The predicted molar refractivity (Wildman–Crippen MR) is 94.3 cm³/mol. The average molecular weight is 340 g/mol. The normalized spacial score (nSPS) is 23.6. The second-order valence-corrected chi connectivity index (χ2v) is 7.06. The van der Waals surface area contributed by atoms with Crippen LogP contribution in [-0.4, -0.2) is 48.7 Å². The number of fused-ring (bicyclic) bond motifs is 1. The Labute approximate surface area is 148 Å². The third kappa shape index (κ3) is 3.19. The van der Waals surface area contributed by atoms with Gasteiger partial charge in [-0.05, 0) is 56.5 Å². The molecular formula is C20H24N2O3. The van der Waals surface area contributed by atoms with Crippen LogP contribution in [0.25, 0.3) is 0 Å². The van der Waals surface area contributed by atoms with E-state index in [1.54, 1.807) is 0 Å². The van der Waals surface area contributed by atoms with E-state index in [9.17, 15) is 4.79 Å². The van der Waals surface area contributed by atoms with Crippen molar-refractivity contribution in [2.45, 2.75) is 31.7 Å². The van der Waals surface area contributed by atoms with Crippen molar-refractivity contribution in [3.05, 3.63) is 23.8 Å². The summed E-state index contributed by atoms with van der Waals surface area (Å²) in [6, 6.07) is 6.22. The van der Waals surface area contributed by atoms with E-state index in [4.69, 9.17) is 15.9 Å². The van der Waals surface area contributed by atoms with E-state index in [-0.39, 0.29) is 18.8 Å². The molecule has 0 spiro atoms. The Morgan fingerprint density at radius 1 is 1.16 bits per heavy atom. The highest BCUT2D eigenvalue weighted by Crippen LogP contribution is 2.39. The number of benzene rings is 1. The summed E-state index contributed by atoms with van der Waals surface area (Å²) in [5.41, 5.74) is 1.15. The average Bonchev–Trinajstić information content (AvgIpc) is 3.30. The third-order valence-electron chi connectivity index (χ3n) is 5.57. The summed E-state index contributed by atoms with van der Waals surface area (Å²) >= 11 is 0. The standard InChI is InChI=1S/C20H24N2O3/c1-2-9-21-11-7-15(8-12-21)20(23)22-10-3-4-17(22)16-5-6-18-19(13-16)25-14-24-18/h1,5-6,13,15,17H,3-4,7-12,14H2. The van der Waals surface area contributed by atoms with E-state index in [2.05, 4.69) is 21.8 Å². The van der Waals surface area contributed by atoms with Gasteiger partial charge in [0.2, 0.25) is 12.7 Å². The van der Waals surface area contributed by atoms with Crippen molar-refractivity contribution in [3.8, 4) is 23.8 Å². The number of carbonyl (C=O) groups excluding carboxylic acids is 1. The van der Waals surface area contributed by atoms with Gasteiger partial charge in [-0.2, -0.15) is 0 Å². The molecule has 0 saturated carbocycles. The number of piperidine rings is 1. The lowest BCUT2D eigenvalue weighted by molar-refractivity contribution is -0.138. The van der Waals surface area contributed by atoms with Crippen LogP contribution in [0.5, 0.6) is 11.5 Å². The smallest absolute Gasteiger partial charge is 0.231 e. The number of carbonyl (C=O) groups is 1. The van der Waals surface area contributed by atoms with Gasteiger partial charge < -0.3 is 14.4 Å². The van der Waals surface area contributed by atoms with Crippen LogP contribution < -0.4 is 9.47 Å². The van der Waals surface area contributed by atoms with Crippen LogP contribution in [0.4, 0.5) is 0 Å². The van der Waals surface area contributed by atoms with Crippen molar-refractivity contribution < 1.29 is 14.3 Å². The van der Waals surface area contributed by atoms with Gasteiger partial charge in [0.25, 0.3) is 0 Å². The molecule has 0 radical (unpaired) electrons. The van der Waals surface area contributed by atoms with Crippen molar-refractivity contribution in [1.82, 2.24) is 9.80 Å². The van der Waals surface area contributed by atoms with Crippen LogP contribution in [0.2, 0.25) is 0 Å². The van der Waals surface area contributed by atoms with E-state index in [0.29, 0.717) is 12.5 Å². The molecule has 3 aliphatic rings. The number of ether oxygens (including phenoxy) is 2. The third-order valence-corrected chi connectivity index (χ3v) is 5.57. The monoisotopic (exact) mass is 340 g/mol. The van der Waals surface area contributed by atoms with Gasteiger partial charge in [-0.25, -0.2) is 0 Å². The lowest BCUT2D eigenvalue weighted by Gasteiger charge is -2.34. The van der Waals surface area contributed by atoms with Crippen molar-refractivity contribution in [1.29, 1.82) is 0 Å². The van der Waals surface area contributed by atoms with Crippen LogP contribution in [-0.2, 0) is 4.79 Å². The minimum absolute atomic E-state index is 0.128. The molecule has 5 nitrogen and oxygen atoms in total. The first-order chi connectivity index (χ1) is 12.3. The number of amides is 1. The fourth-order valence-corrected chi connectivity index (χ4v) is 4.20. The Morgan fingerprint density at radius 2 is 1.96 bits per heavy atom. The molecule has 3 aliphatic heterocycles. The molecule has 1 unspecified atom stereocenters. The maximum absolute atomic E-state index is 13.1. The second kappa shape index (κ2) is 6.97. The van der Waals surface area contributed by atoms with Gasteiger partial charge in [-0.3, -0.25) is 9.69 Å². The number of hydrogen-bond acceptors (Lipinski definition) is 4. The van der Waals surface area contributed by atoms with Gasteiger partial charge in [-0.15, -0.1) is 6.42 Å². The van der Waals surface area contributed by atoms with Crippen LogP contribution >= 0.6 is 0 Å². The molecule has 4 rings (SSSR count). The summed E-state index contributed by atoms with van der Waals surface area (Å²) in [7, 11) is 0. The van der Waals surface area contributed by atoms with Crippen molar-refractivity contribution in [3.63, 3.8) is 0 Å². The van der Waals surface area contributed by atoms with Gasteiger partial charge >= 0.3 is 0 Å². The van der Waals surface area contributed by atoms with Gasteiger partial charge in [0.15, 0.2) is 11.5 Å². The molecule has 2 saturated heterocycles. The van der Waals surface area contributed by atoms with Gasteiger partial charge in [-0.1, -0.05) is 12.0 Å². The molecule has 1 atom stereocenters. The Kier molecular flexibility index (Phi) is 4.54. The van der Waals surface area contributed by atoms with Gasteiger partial charge in [0.05, 0.1) is 12.6 Å². The van der Waals surface area contributed by atoms with E-state index < -0.39 is 0 Å². The molecule has 132 valence electrons. The molecule has 0 bridgehead atoms. The van der Waals surface area contributed by atoms with Crippen LogP contribution in [0.3, 0.4) is 0 Å². The van der Waals surface area contributed by atoms with E-state index >= 15 is 0 Å². The largest absolute Gasteiger partial charge is 0.454 e. The van der Waals surface area contributed by atoms with Crippen LogP contribution in [0, 0.1) is 18.3 Å². The Bertz CT molecular complexity index is 689. The summed E-state index contributed by atoms with van der Waals surface area (Å²) in [5.74, 6) is 4.71. The van der Waals surface area contributed by atoms with Gasteiger partial charge in [0, 0.05) is 12.5 Å². The maximum atomic E-state index is 13.1. The minimum Gasteiger partial charge on any atom is -0.454 e. The molecule has 5 heteroatoms. The fraction of sp³-hybridized carbons (Fsp3) is 0.550. The molecule has 1 aromatic carbocycles. The lowest BCUT2D eigenvalue weighted by atomic mass is 9.94. The topological polar surface area (TPSA) is 42.0 Å². The summed E-state index contributed by atoms with van der Waals surface area (Å²) in [6.07, 6.45) is 9.28. The second-order valence-electron chi connectivity index (χ2n) is 7.06. The molecule has 0 N–H and O–H groups in total. The highest BCUT2D eigenvalue weighted by Gasteiger charge is 2.35. The van der Waals surface area contributed by atoms with Gasteiger partial charge in [0.1, 0.15) is 0 Å². The fourth-order valence-electron chi connectivity index (χ4n) is 4.20. The zero-order chi connectivity index (χ0) is 17.2. The SMILES string of the molecule is C#CCN1CCC(C(=O)N2CCCC2c2ccc3c(c2)OCO3)CC1. The van der Waals surface area contributed by atoms with E-state index in [1.807, 2.05) is 12.1 Å². The van der Waals surface area contributed by atoms with Crippen molar-refractivity contribution >= 4 is 5.91 Å². The minimum atomic E-state index is 0.128. The quantitative estimate of drug-likeness (QED) is 0.793.